The van der Waals surface area contributed by atoms with Gasteiger partial charge in [0.1, 0.15) is 0 Å². The molecule has 3 atom stereocenters. The second-order valence-corrected chi connectivity index (χ2v) is 11.3. The topological polar surface area (TPSA) is 34.1 Å². The molecule has 1 aliphatic carbocycles. The van der Waals surface area contributed by atoms with Crippen molar-refractivity contribution in [1.82, 2.24) is 0 Å². The van der Waals surface area contributed by atoms with E-state index in [1.54, 1.807) is 0 Å². The van der Waals surface area contributed by atoms with Gasteiger partial charge in [-0.05, 0) is 64.8 Å². The van der Waals surface area contributed by atoms with Gasteiger partial charge in [0, 0.05) is 20.8 Å². The summed E-state index contributed by atoms with van der Waals surface area (Å²) in [5, 5.41) is -0.0280. The second kappa shape index (κ2) is 9.25. The molecular formula is C31H23BrO2S. The third-order valence-electron chi connectivity index (χ3n) is 7.32. The number of halogens is 1. The molecule has 1 heterocycles. The molecule has 0 spiro atoms. The number of Topliss-reactive ketones (excluding diaryl/α,β-unsaturated/α-hetero) is 1. The van der Waals surface area contributed by atoms with Gasteiger partial charge >= 0.3 is 0 Å². The first kappa shape index (κ1) is 22.5. The Bertz CT molecular complexity index is 1430. The molecule has 2 nitrogen and oxygen atoms in total. The summed E-state index contributed by atoms with van der Waals surface area (Å²) in [6, 6.07) is 33.0. The third-order valence-corrected chi connectivity index (χ3v) is 8.88. The van der Waals surface area contributed by atoms with E-state index in [0.717, 1.165) is 27.8 Å². The zero-order valence-electron chi connectivity index (χ0n) is 19.0. The lowest BCUT2D eigenvalue weighted by atomic mass is 9.68. The van der Waals surface area contributed by atoms with Crippen LogP contribution in [0.25, 0.3) is 11.1 Å². The number of hydrogen-bond donors (Lipinski definition) is 0. The molecule has 2 aliphatic rings. The van der Waals surface area contributed by atoms with E-state index in [1.165, 1.54) is 34.0 Å². The summed E-state index contributed by atoms with van der Waals surface area (Å²) in [5.41, 5.74) is 6.70. The summed E-state index contributed by atoms with van der Waals surface area (Å²) in [5.74, 6) is -0.523. The van der Waals surface area contributed by atoms with Crippen LogP contribution in [0, 0.1) is 5.92 Å². The van der Waals surface area contributed by atoms with Crippen molar-refractivity contribution in [2.24, 2.45) is 5.92 Å². The van der Waals surface area contributed by atoms with Gasteiger partial charge in [0.05, 0.1) is 5.92 Å². The molecule has 35 heavy (non-hydrogen) atoms. The second-order valence-electron chi connectivity index (χ2n) is 9.33. The molecule has 0 bridgehead atoms. The molecule has 0 aromatic heterocycles. The number of carbonyl (C=O) groups is 2. The Morgan fingerprint density at radius 1 is 0.743 bits per heavy atom. The smallest absolute Gasteiger partial charge is 0.205 e. The van der Waals surface area contributed by atoms with Gasteiger partial charge in [0.2, 0.25) is 5.12 Å². The van der Waals surface area contributed by atoms with E-state index in [9.17, 15) is 9.59 Å². The van der Waals surface area contributed by atoms with Crippen LogP contribution in [0.1, 0.15) is 45.3 Å². The van der Waals surface area contributed by atoms with Crippen LogP contribution in [0.4, 0.5) is 0 Å². The van der Waals surface area contributed by atoms with Gasteiger partial charge in [-0.15, -0.1) is 0 Å². The predicted octanol–water partition coefficient (Wildman–Crippen LogP) is 8.06. The Kier molecular flexibility index (Phi) is 5.95. The monoisotopic (exact) mass is 538 g/mol. The molecule has 0 radical (unpaired) electrons. The molecule has 0 amide bonds. The molecule has 3 unspecified atom stereocenters. The lowest BCUT2D eigenvalue weighted by Gasteiger charge is -2.37. The maximum Gasteiger partial charge on any atom is 0.205 e. The first-order chi connectivity index (χ1) is 17.1. The van der Waals surface area contributed by atoms with Gasteiger partial charge in [-0.2, -0.15) is 0 Å². The number of thioether (sulfide) groups is 1. The molecule has 172 valence electrons. The molecule has 4 aromatic carbocycles. The minimum absolute atomic E-state index is 0.0280. The average Bonchev–Trinajstić information content (AvgIpc) is 2.89. The number of ketones is 1. The third kappa shape index (κ3) is 4.19. The molecule has 4 heteroatoms. The summed E-state index contributed by atoms with van der Waals surface area (Å²) in [4.78, 5) is 27.6. The van der Waals surface area contributed by atoms with Crippen LogP contribution in [0.5, 0.6) is 0 Å². The molecular weight excluding hydrogens is 516 g/mol. The van der Waals surface area contributed by atoms with Crippen LogP contribution in [-0.2, 0) is 11.2 Å². The van der Waals surface area contributed by atoms with Gasteiger partial charge in [-0.1, -0.05) is 107 Å². The normalized spacial score (nSPS) is 21.3. The fourth-order valence-electron chi connectivity index (χ4n) is 5.58. The number of hydrogen-bond acceptors (Lipinski definition) is 3. The van der Waals surface area contributed by atoms with Crippen LogP contribution in [0.2, 0.25) is 0 Å². The molecule has 0 saturated heterocycles. The minimum atomic E-state index is -0.638. The van der Waals surface area contributed by atoms with E-state index < -0.39 is 5.92 Å². The van der Waals surface area contributed by atoms with Crippen molar-refractivity contribution in [3.8, 4) is 11.1 Å². The lowest BCUT2D eigenvalue weighted by molar-refractivity contribution is -0.113. The minimum Gasteiger partial charge on any atom is -0.293 e. The predicted molar refractivity (Wildman–Crippen MR) is 145 cm³/mol. The van der Waals surface area contributed by atoms with Crippen molar-refractivity contribution < 1.29 is 9.59 Å². The summed E-state index contributed by atoms with van der Waals surface area (Å²) in [6.45, 7) is 0. The van der Waals surface area contributed by atoms with E-state index >= 15 is 0 Å². The van der Waals surface area contributed by atoms with E-state index in [1.807, 2.05) is 30.3 Å². The van der Waals surface area contributed by atoms with Crippen molar-refractivity contribution in [3.05, 3.63) is 124 Å². The van der Waals surface area contributed by atoms with Crippen LogP contribution >= 0.6 is 27.7 Å². The first-order valence-corrected chi connectivity index (χ1v) is 13.5. The number of fused-ring (bicyclic) bond motifs is 2. The van der Waals surface area contributed by atoms with Crippen molar-refractivity contribution in [1.29, 1.82) is 0 Å². The Morgan fingerprint density at radius 2 is 1.40 bits per heavy atom. The number of rotatable bonds is 3. The molecule has 6 rings (SSSR count). The van der Waals surface area contributed by atoms with E-state index in [2.05, 4.69) is 82.7 Å². The Hall–Kier alpha value is -2.95. The molecule has 0 saturated carbocycles. The first-order valence-electron chi connectivity index (χ1n) is 11.9. The van der Waals surface area contributed by atoms with Crippen molar-refractivity contribution in [3.63, 3.8) is 0 Å². The van der Waals surface area contributed by atoms with Crippen LogP contribution in [-0.4, -0.2) is 10.9 Å². The van der Waals surface area contributed by atoms with Gasteiger partial charge in [-0.3, -0.25) is 9.59 Å². The lowest BCUT2D eigenvalue weighted by Crippen LogP contribution is -2.35. The van der Waals surface area contributed by atoms with E-state index in [4.69, 9.17) is 0 Å². The summed E-state index contributed by atoms with van der Waals surface area (Å²) in [7, 11) is 0. The highest BCUT2D eigenvalue weighted by atomic mass is 79.9. The molecule has 0 N–H and O–H groups in total. The largest absolute Gasteiger partial charge is 0.293 e. The number of carbonyl (C=O) groups excluding carboxylic acids is 2. The maximum absolute atomic E-state index is 13.6. The van der Waals surface area contributed by atoms with E-state index in [-0.39, 0.29) is 22.7 Å². The Morgan fingerprint density at radius 3 is 2.17 bits per heavy atom. The highest BCUT2D eigenvalue weighted by molar-refractivity contribution is 9.10. The zero-order valence-corrected chi connectivity index (χ0v) is 21.4. The van der Waals surface area contributed by atoms with Gasteiger partial charge in [0.25, 0.3) is 0 Å². The summed E-state index contributed by atoms with van der Waals surface area (Å²) in [6.07, 6.45) is 1.71. The van der Waals surface area contributed by atoms with Crippen molar-refractivity contribution >= 4 is 38.6 Å². The SMILES string of the molecule is O=C1Sc2ccccc2C(=O)C1C1CC(c2ccc(-c3ccc(Br)cc3)cc2)Cc2ccccc21. The zero-order chi connectivity index (χ0) is 23.9. The quantitative estimate of drug-likeness (QED) is 0.247. The summed E-state index contributed by atoms with van der Waals surface area (Å²) >= 11 is 4.73. The highest BCUT2D eigenvalue weighted by Crippen LogP contribution is 2.48. The Balaban J connectivity index is 1.34. The van der Waals surface area contributed by atoms with Crippen LogP contribution in [0.3, 0.4) is 0 Å². The highest BCUT2D eigenvalue weighted by Gasteiger charge is 2.44. The van der Waals surface area contributed by atoms with Gasteiger partial charge in [-0.25, -0.2) is 0 Å². The summed E-state index contributed by atoms with van der Waals surface area (Å²) < 4.78 is 1.07. The molecule has 1 aliphatic heterocycles. The maximum atomic E-state index is 13.6. The molecule has 0 fully saturated rings. The average molecular weight is 539 g/mol. The van der Waals surface area contributed by atoms with E-state index in [0.29, 0.717) is 5.56 Å². The molecule has 4 aromatic rings. The van der Waals surface area contributed by atoms with Crippen molar-refractivity contribution in [2.75, 3.05) is 0 Å². The number of benzene rings is 4. The van der Waals surface area contributed by atoms with Crippen molar-refractivity contribution in [2.45, 2.75) is 29.6 Å². The fourth-order valence-corrected chi connectivity index (χ4v) is 6.88. The van der Waals surface area contributed by atoms with Gasteiger partial charge < -0.3 is 0 Å². The van der Waals surface area contributed by atoms with Crippen LogP contribution < -0.4 is 0 Å². The fraction of sp³-hybridized carbons (Fsp3) is 0.161. The van der Waals surface area contributed by atoms with Crippen LogP contribution in [0.15, 0.2) is 106 Å². The standard InChI is InChI=1S/C31H23BrO2S/c32-24-15-13-20(14-16-24)19-9-11-21(12-10-19)23-17-22-5-1-2-6-25(22)27(18-23)29-30(33)26-7-3-4-8-28(26)35-31(29)34/h1-16,23,27,29H,17-18H2. The Labute approximate surface area is 217 Å². The van der Waals surface area contributed by atoms with Gasteiger partial charge in [0.15, 0.2) is 5.78 Å².